The smallest absolute Gasteiger partial charge is 0.289 e. The number of benzene rings is 2. The van der Waals surface area contributed by atoms with Crippen LogP contribution in [-0.2, 0) is 15.1 Å². The molecule has 5 rings (SSSR count). The Morgan fingerprint density at radius 3 is 2.38 bits per heavy atom. The second-order valence-electron chi connectivity index (χ2n) is 10.9. The molecule has 2 amide bonds. The van der Waals surface area contributed by atoms with Gasteiger partial charge in [-0.3, -0.25) is 9.59 Å². The Morgan fingerprint density at radius 1 is 0.976 bits per heavy atom. The Morgan fingerprint density at radius 2 is 1.74 bits per heavy atom. The number of nitrogens with zero attached hydrogens (tertiary/aromatic N) is 2. The summed E-state index contributed by atoms with van der Waals surface area (Å²) in [6.45, 7) is 3.56. The predicted molar refractivity (Wildman–Crippen MR) is 162 cm³/mol. The average molecular weight is 616 g/mol. The molecule has 0 radical (unpaired) electrons. The zero-order valence-corrected chi connectivity index (χ0v) is 25.1. The molecule has 9 nitrogen and oxygen atoms in total. The summed E-state index contributed by atoms with van der Waals surface area (Å²) in [5.74, 6) is 0.546. The molecule has 42 heavy (non-hydrogen) atoms. The van der Waals surface area contributed by atoms with E-state index in [2.05, 4.69) is 10.2 Å². The van der Waals surface area contributed by atoms with Crippen LogP contribution in [0.25, 0.3) is 0 Å². The highest BCUT2D eigenvalue weighted by Gasteiger charge is 2.41. The third kappa shape index (κ3) is 6.54. The first-order valence-electron chi connectivity index (χ1n) is 14.1. The summed E-state index contributed by atoms with van der Waals surface area (Å²) in [5, 5.41) is 4.33. The minimum Gasteiger partial charge on any atom is -0.497 e. The molecule has 224 valence electrons. The van der Waals surface area contributed by atoms with Gasteiger partial charge in [-0.25, -0.2) is 0 Å². The molecular formula is C31H36Cl2N4O5. The summed E-state index contributed by atoms with van der Waals surface area (Å²) >= 11 is 12.6. The van der Waals surface area contributed by atoms with Crippen molar-refractivity contribution >= 4 is 40.7 Å². The van der Waals surface area contributed by atoms with Gasteiger partial charge in [-0.05, 0) is 67.6 Å². The molecule has 3 N–H and O–H groups in total. The standard InChI is InChI=1S/C31H36Cl2N4O5/c1-40-24-5-2-4-23(21-24)35-30(29(34)39)9-13-36(14-10-30)17-19-42-31(22-7-8-25(32)26(33)20-22)11-15-37(16-12-31)28(38)27-6-3-18-41-27/h2-8,18,20-21,35H,9-17,19H2,1H3,(H2,34,39). The number of piperidine rings is 2. The first-order valence-corrected chi connectivity index (χ1v) is 14.9. The summed E-state index contributed by atoms with van der Waals surface area (Å²) in [4.78, 5) is 29.5. The molecule has 2 aromatic carbocycles. The number of nitrogens with two attached hydrogens (primary N) is 1. The van der Waals surface area contributed by atoms with Gasteiger partial charge in [-0.2, -0.15) is 0 Å². The maximum atomic E-state index is 12.9. The zero-order chi connectivity index (χ0) is 29.7. The number of anilines is 1. The van der Waals surface area contributed by atoms with Crippen LogP contribution in [0.5, 0.6) is 5.75 Å². The largest absolute Gasteiger partial charge is 0.497 e. The Labute approximate surface area is 255 Å². The number of amides is 2. The first kappa shape index (κ1) is 30.2. The first-order chi connectivity index (χ1) is 20.2. The van der Waals surface area contributed by atoms with Crippen LogP contribution in [0.4, 0.5) is 5.69 Å². The third-order valence-electron chi connectivity index (χ3n) is 8.46. The Balaban J connectivity index is 1.21. The van der Waals surface area contributed by atoms with E-state index in [-0.39, 0.29) is 11.8 Å². The van der Waals surface area contributed by atoms with Crippen molar-refractivity contribution in [2.75, 3.05) is 51.8 Å². The molecule has 2 aliphatic heterocycles. The lowest BCUT2D eigenvalue weighted by Gasteiger charge is -2.43. The van der Waals surface area contributed by atoms with E-state index in [0.29, 0.717) is 86.6 Å². The van der Waals surface area contributed by atoms with Crippen molar-refractivity contribution in [2.24, 2.45) is 5.73 Å². The molecule has 2 fully saturated rings. The number of rotatable bonds is 10. The number of primary amides is 1. The van der Waals surface area contributed by atoms with E-state index in [4.69, 9.17) is 42.8 Å². The number of nitrogens with one attached hydrogen (secondary N) is 1. The van der Waals surface area contributed by atoms with Gasteiger partial charge in [-0.15, -0.1) is 0 Å². The highest BCUT2D eigenvalue weighted by atomic mass is 35.5. The monoisotopic (exact) mass is 614 g/mol. The number of ether oxygens (including phenoxy) is 2. The molecule has 3 heterocycles. The van der Waals surface area contributed by atoms with Crippen molar-refractivity contribution in [1.82, 2.24) is 9.80 Å². The van der Waals surface area contributed by atoms with Crippen LogP contribution in [-0.4, -0.2) is 73.6 Å². The van der Waals surface area contributed by atoms with E-state index in [9.17, 15) is 9.59 Å². The van der Waals surface area contributed by atoms with Gasteiger partial charge >= 0.3 is 0 Å². The molecule has 0 aliphatic carbocycles. The quantitative estimate of drug-likeness (QED) is 0.324. The van der Waals surface area contributed by atoms with Crippen molar-refractivity contribution in [3.05, 3.63) is 82.2 Å². The molecule has 0 atom stereocenters. The Bertz CT molecular complexity index is 1380. The van der Waals surface area contributed by atoms with Gasteiger partial charge in [0.2, 0.25) is 5.91 Å². The molecule has 1 aromatic heterocycles. The van der Waals surface area contributed by atoms with Gasteiger partial charge in [0, 0.05) is 44.5 Å². The molecule has 0 unspecified atom stereocenters. The van der Waals surface area contributed by atoms with E-state index in [1.54, 1.807) is 30.2 Å². The Kier molecular flexibility index (Phi) is 9.32. The van der Waals surface area contributed by atoms with E-state index < -0.39 is 11.1 Å². The SMILES string of the molecule is COc1cccc(NC2(C(N)=O)CCN(CCOC3(c4ccc(Cl)c(Cl)c4)CCN(C(=O)c4ccco4)CC3)CC2)c1. The van der Waals surface area contributed by atoms with Gasteiger partial charge in [0.15, 0.2) is 5.76 Å². The minimum absolute atomic E-state index is 0.128. The number of furan rings is 1. The number of likely N-dealkylation sites (tertiary alicyclic amines) is 2. The fraction of sp³-hybridized carbons (Fsp3) is 0.419. The van der Waals surface area contributed by atoms with Crippen LogP contribution >= 0.6 is 23.2 Å². The third-order valence-corrected chi connectivity index (χ3v) is 9.20. The van der Waals surface area contributed by atoms with E-state index >= 15 is 0 Å². The highest BCUT2D eigenvalue weighted by molar-refractivity contribution is 6.42. The molecule has 0 spiro atoms. The van der Waals surface area contributed by atoms with E-state index in [1.165, 1.54) is 6.26 Å². The summed E-state index contributed by atoms with van der Waals surface area (Å²) in [5.41, 5.74) is 6.19. The number of hydrogen-bond donors (Lipinski definition) is 2. The van der Waals surface area contributed by atoms with Crippen LogP contribution in [0.2, 0.25) is 10.0 Å². The van der Waals surface area contributed by atoms with Crippen molar-refractivity contribution in [2.45, 2.75) is 36.8 Å². The number of carbonyl (C=O) groups is 2. The normalized spacial score (nSPS) is 18.4. The van der Waals surface area contributed by atoms with Crippen molar-refractivity contribution < 1.29 is 23.5 Å². The average Bonchev–Trinajstić information content (AvgIpc) is 3.55. The van der Waals surface area contributed by atoms with Gasteiger partial charge in [0.05, 0.1) is 35.6 Å². The number of halogens is 2. The van der Waals surface area contributed by atoms with E-state index in [0.717, 1.165) is 11.3 Å². The summed E-state index contributed by atoms with van der Waals surface area (Å²) in [6, 6.07) is 16.5. The van der Waals surface area contributed by atoms with Crippen LogP contribution in [0.3, 0.4) is 0 Å². The second-order valence-corrected chi connectivity index (χ2v) is 11.7. The Hall–Kier alpha value is -3.24. The molecule has 11 heteroatoms. The fourth-order valence-electron chi connectivity index (χ4n) is 5.86. The highest BCUT2D eigenvalue weighted by Crippen LogP contribution is 2.40. The lowest BCUT2D eigenvalue weighted by atomic mass is 9.84. The lowest BCUT2D eigenvalue weighted by Crippen LogP contribution is -2.57. The lowest BCUT2D eigenvalue weighted by molar-refractivity contribution is -0.124. The molecular weight excluding hydrogens is 579 g/mol. The molecule has 3 aromatic rings. The van der Waals surface area contributed by atoms with E-state index in [1.807, 2.05) is 36.4 Å². The molecule has 0 bridgehead atoms. The maximum Gasteiger partial charge on any atom is 0.289 e. The number of methoxy groups -OCH3 is 1. The number of hydrogen-bond acceptors (Lipinski definition) is 7. The predicted octanol–water partition coefficient (Wildman–Crippen LogP) is 5.18. The van der Waals surface area contributed by atoms with Gasteiger partial charge in [-0.1, -0.05) is 35.3 Å². The number of carbonyl (C=O) groups excluding carboxylic acids is 2. The summed E-state index contributed by atoms with van der Waals surface area (Å²) < 4.78 is 17.3. The van der Waals surface area contributed by atoms with Crippen molar-refractivity contribution in [3.8, 4) is 5.75 Å². The fourth-order valence-corrected chi connectivity index (χ4v) is 6.16. The van der Waals surface area contributed by atoms with Crippen LogP contribution in [0.1, 0.15) is 41.8 Å². The summed E-state index contributed by atoms with van der Waals surface area (Å²) in [7, 11) is 1.61. The summed E-state index contributed by atoms with van der Waals surface area (Å²) in [6.07, 6.45) is 3.85. The van der Waals surface area contributed by atoms with Gasteiger partial charge in [0.1, 0.15) is 11.3 Å². The molecule has 2 aliphatic rings. The van der Waals surface area contributed by atoms with Gasteiger partial charge in [0.25, 0.3) is 5.91 Å². The molecule has 0 saturated carbocycles. The van der Waals surface area contributed by atoms with Crippen molar-refractivity contribution in [3.63, 3.8) is 0 Å². The van der Waals surface area contributed by atoms with Crippen LogP contribution in [0, 0.1) is 0 Å². The topological polar surface area (TPSA) is 110 Å². The van der Waals surface area contributed by atoms with Crippen LogP contribution < -0.4 is 15.8 Å². The second kappa shape index (κ2) is 13.0. The minimum atomic E-state index is -0.835. The van der Waals surface area contributed by atoms with Crippen molar-refractivity contribution in [1.29, 1.82) is 0 Å². The van der Waals surface area contributed by atoms with Crippen LogP contribution in [0.15, 0.2) is 65.3 Å². The zero-order valence-electron chi connectivity index (χ0n) is 23.6. The maximum absolute atomic E-state index is 12.9. The van der Waals surface area contributed by atoms with Gasteiger partial charge < -0.3 is 34.7 Å². The molecule has 2 saturated heterocycles.